The van der Waals surface area contributed by atoms with Crippen LogP contribution in [0.15, 0.2) is 48.8 Å². The lowest BCUT2D eigenvalue weighted by Gasteiger charge is -2.17. The number of carbonyl (C=O) groups is 1. The predicted molar refractivity (Wildman–Crippen MR) is 127 cm³/mol. The molecule has 1 amide bonds. The molecule has 2 aromatic carbocycles. The molecule has 0 aliphatic carbocycles. The molecule has 1 aliphatic rings. The summed E-state index contributed by atoms with van der Waals surface area (Å²) in [5.41, 5.74) is 0.990. The minimum Gasteiger partial charge on any atom is -0.486 e. The Morgan fingerprint density at radius 3 is 2.91 bits per heavy atom. The van der Waals surface area contributed by atoms with Crippen LogP contribution >= 0.6 is 11.6 Å². The molecule has 1 N–H and O–H groups in total. The summed E-state index contributed by atoms with van der Waals surface area (Å²) in [6.07, 6.45) is 5.20. The summed E-state index contributed by atoms with van der Waals surface area (Å²) in [7, 11) is 3.83. The van der Waals surface area contributed by atoms with Crippen LogP contribution in [0.3, 0.4) is 0 Å². The number of benzene rings is 2. The average molecular weight is 487 g/mol. The number of halogens is 2. The molecule has 4 rings (SSSR count). The van der Waals surface area contributed by atoms with Crippen molar-refractivity contribution in [3.63, 3.8) is 0 Å². The third-order valence-electron chi connectivity index (χ3n) is 4.98. The van der Waals surface area contributed by atoms with E-state index < -0.39 is 5.82 Å². The second-order valence-corrected chi connectivity index (χ2v) is 8.39. The van der Waals surface area contributed by atoms with E-state index in [-0.39, 0.29) is 22.9 Å². The van der Waals surface area contributed by atoms with Crippen LogP contribution in [-0.4, -0.2) is 60.7 Å². The number of carbonyl (C=O) groups excluding carboxylic acids is 1. The number of nitrogens with zero attached hydrogens (tertiary/aromatic N) is 3. The summed E-state index contributed by atoms with van der Waals surface area (Å²) in [6, 6.07) is 7.44. The number of ether oxygens (including phenoxy) is 3. The van der Waals surface area contributed by atoms with E-state index >= 15 is 0 Å². The highest BCUT2D eigenvalue weighted by atomic mass is 35.5. The zero-order valence-electron chi connectivity index (χ0n) is 18.8. The molecule has 2 heterocycles. The lowest BCUT2D eigenvalue weighted by atomic mass is 10.2. The van der Waals surface area contributed by atoms with E-state index in [2.05, 4.69) is 15.3 Å². The van der Waals surface area contributed by atoms with Gasteiger partial charge >= 0.3 is 0 Å². The van der Waals surface area contributed by atoms with Crippen LogP contribution in [0.5, 0.6) is 17.4 Å². The van der Waals surface area contributed by atoms with E-state index in [1.807, 2.05) is 19.0 Å². The normalized spacial score (nSPS) is 15.9. The third-order valence-corrected chi connectivity index (χ3v) is 5.27. The maximum absolute atomic E-state index is 13.5. The van der Waals surface area contributed by atoms with Crippen molar-refractivity contribution in [1.29, 1.82) is 0 Å². The maximum atomic E-state index is 13.5. The molecule has 1 aliphatic heterocycles. The molecular weight excluding hydrogens is 463 g/mol. The summed E-state index contributed by atoms with van der Waals surface area (Å²) in [4.78, 5) is 23.0. The maximum Gasteiger partial charge on any atom is 0.248 e. The molecule has 1 saturated heterocycles. The number of hydrogen-bond acceptors (Lipinski definition) is 7. The van der Waals surface area contributed by atoms with E-state index in [1.165, 1.54) is 30.6 Å². The Balaban J connectivity index is 1.68. The molecule has 0 saturated carbocycles. The van der Waals surface area contributed by atoms with Crippen molar-refractivity contribution in [1.82, 2.24) is 14.9 Å². The Hall–Kier alpha value is -3.27. The molecule has 178 valence electrons. The van der Waals surface area contributed by atoms with Crippen molar-refractivity contribution >= 4 is 34.1 Å². The van der Waals surface area contributed by atoms with Gasteiger partial charge in [0.25, 0.3) is 0 Å². The molecule has 8 nitrogen and oxygen atoms in total. The molecule has 3 aromatic rings. The lowest BCUT2D eigenvalue weighted by Crippen LogP contribution is -2.18. The fourth-order valence-corrected chi connectivity index (χ4v) is 3.49. The molecule has 1 fully saturated rings. The molecule has 1 aromatic heterocycles. The van der Waals surface area contributed by atoms with E-state index in [0.29, 0.717) is 47.8 Å². The standard InChI is InChI=1S/C24H24ClFN4O4/c1-30(2)8-3-4-23(31)29-21-11-17-20(12-22(21)33-16-7-9-32-13-16)27-14-28-24(17)34-15-5-6-19(26)18(25)10-15/h3-6,10-12,14,16H,7-9,13H2,1-2H3,(H,29,31)/b4-3+/t16-/m0/s1. The molecular formula is C24H24ClFN4O4. The van der Waals surface area contributed by atoms with Gasteiger partial charge in [-0.25, -0.2) is 14.4 Å². The van der Waals surface area contributed by atoms with Crippen molar-refractivity contribution < 1.29 is 23.4 Å². The number of hydrogen-bond donors (Lipinski definition) is 1. The Labute approximate surface area is 201 Å². The van der Waals surface area contributed by atoms with Crippen molar-refractivity contribution in [3.05, 3.63) is 59.7 Å². The first-order chi connectivity index (χ1) is 16.4. The van der Waals surface area contributed by atoms with Gasteiger partial charge in [0.1, 0.15) is 29.7 Å². The van der Waals surface area contributed by atoms with E-state index in [9.17, 15) is 9.18 Å². The zero-order chi connectivity index (χ0) is 24.1. The molecule has 0 unspecified atom stereocenters. The van der Waals surface area contributed by atoms with Gasteiger partial charge in [0.05, 0.1) is 34.8 Å². The molecule has 0 radical (unpaired) electrons. The number of amides is 1. The first-order valence-electron chi connectivity index (χ1n) is 10.7. The Morgan fingerprint density at radius 1 is 1.32 bits per heavy atom. The number of aromatic nitrogens is 2. The van der Waals surface area contributed by atoms with Gasteiger partial charge in [0, 0.05) is 31.2 Å². The number of nitrogens with one attached hydrogen (secondary N) is 1. The van der Waals surface area contributed by atoms with Crippen molar-refractivity contribution in [2.45, 2.75) is 12.5 Å². The lowest BCUT2D eigenvalue weighted by molar-refractivity contribution is -0.111. The van der Waals surface area contributed by atoms with Crippen LogP contribution in [0.4, 0.5) is 10.1 Å². The van der Waals surface area contributed by atoms with E-state index in [4.69, 9.17) is 25.8 Å². The summed E-state index contributed by atoms with van der Waals surface area (Å²) in [5.74, 6) is 0.144. The average Bonchev–Trinajstić information content (AvgIpc) is 3.30. The number of anilines is 1. The summed E-state index contributed by atoms with van der Waals surface area (Å²) < 4.78 is 30.9. The first-order valence-corrected chi connectivity index (χ1v) is 11.0. The van der Waals surface area contributed by atoms with Gasteiger partial charge in [-0.05, 0) is 32.3 Å². The highest BCUT2D eigenvalue weighted by Gasteiger charge is 2.21. The Kier molecular flexibility index (Phi) is 7.56. The van der Waals surface area contributed by atoms with Crippen LogP contribution in [-0.2, 0) is 9.53 Å². The molecule has 1 atom stereocenters. The van der Waals surface area contributed by atoms with Gasteiger partial charge in [0.15, 0.2) is 0 Å². The topological polar surface area (TPSA) is 85.8 Å². The SMILES string of the molecule is CN(C)C/C=C/C(=O)Nc1cc2c(Oc3ccc(F)c(Cl)c3)ncnc2cc1O[C@H]1CCOC1. The summed E-state index contributed by atoms with van der Waals surface area (Å²) in [6.45, 7) is 1.71. The summed E-state index contributed by atoms with van der Waals surface area (Å²) >= 11 is 5.87. The fraction of sp³-hybridized carbons (Fsp3) is 0.292. The quantitative estimate of drug-likeness (QED) is 0.471. The Morgan fingerprint density at radius 2 is 2.18 bits per heavy atom. The van der Waals surface area contributed by atoms with Gasteiger partial charge in [-0.1, -0.05) is 17.7 Å². The van der Waals surface area contributed by atoms with Crippen molar-refractivity contribution in [2.75, 3.05) is 39.2 Å². The highest BCUT2D eigenvalue weighted by Crippen LogP contribution is 2.36. The largest absolute Gasteiger partial charge is 0.486 e. The molecule has 10 heteroatoms. The minimum atomic E-state index is -0.549. The molecule has 34 heavy (non-hydrogen) atoms. The van der Waals surface area contributed by atoms with Gasteiger partial charge in [0.2, 0.25) is 11.8 Å². The van der Waals surface area contributed by atoms with Gasteiger partial charge in [-0.15, -0.1) is 0 Å². The van der Waals surface area contributed by atoms with Gasteiger partial charge in [-0.2, -0.15) is 0 Å². The van der Waals surface area contributed by atoms with Gasteiger partial charge < -0.3 is 24.4 Å². The monoisotopic (exact) mass is 486 g/mol. The molecule has 0 bridgehead atoms. The van der Waals surface area contributed by atoms with Crippen LogP contribution in [0.1, 0.15) is 6.42 Å². The Bertz CT molecular complexity index is 1220. The van der Waals surface area contributed by atoms with Crippen LogP contribution in [0.25, 0.3) is 10.9 Å². The predicted octanol–water partition coefficient (Wildman–Crippen LogP) is 4.44. The second-order valence-electron chi connectivity index (χ2n) is 7.98. The zero-order valence-corrected chi connectivity index (χ0v) is 19.5. The number of rotatable bonds is 8. The first kappa shape index (κ1) is 23.9. The second kappa shape index (κ2) is 10.8. The fourth-order valence-electron chi connectivity index (χ4n) is 3.32. The number of fused-ring (bicyclic) bond motifs is 1. The molecule has 0 spiro atoms. The van der Waals surface area contributed by atoms with Crippen LogP contribution < -0.4 is 14.8 Å². The van der Waals surface area contributed by atoms with E-state index in [0.717, 1.165) is 6.42 Å². The van der Waals surface area contributed by atoms with Crippen LogP contribution in [0.2, 0.25) is 5.02 Å². The highest BCUT2D eigenvalue weighted by molar-refractivity contribution is 6.30. The number of likely N-dealkylation sites (N-methyl/N-ethyl adjacent to an activating group) is 1. The summed E-state index contributed by atoms with van der Waals surface area (Å²) in [5, 5.41) is 3.33. The minimum absolute atomic E-state index is 0.0669. The van der Waals surface area contributed by atoms with Crippen molar-refractivity contribution in [2.24, 2.45) is 0 Å². The van der Waals surface area contributed by atoms with Crippen LogP contribution in [0, 0.1) is 5.82 Å². The van der Waals surface area contributed by atoms with E-state index in [1.54, 1.807) is 18.2 Å². The third kappa shape index (κ3) is 5.99. The van der Waals surface area contributed by atoms with Crippen molar-refractivity contribution in [3.8, 4) is 17.4 Å². The smallest absolute Gasteiger partial charge is 0.248 e. The van der Waals surface area contributed by atoms with Gasteiger partial charge in [-0.3, -0.25) is 4.79 Å².